The van der Waals surface area contributed by atoms with Crippen LogP contribution in [0, 0.1) is 0 Å². The van der Waals surface area contributed by atoms with Crippen LogP contribution in [0.1, 0.15) is 38.1 Å². The molecule has 0 aliphatic heterocycles. The molecule has 0 fully saturated rings. The van der Waals surface area contributed by atoms with Gasteiger partial charge in [-0.1, -0.05) is 6.58 Å². The number of nitrogens with one attached hydrogen (secondary N) is 4. The Morgan fingerprint density at radius 1 is 1.39 bits per heavy atom. The number of fused-ring (bicyclic) bond motifs is 1. The molecule has 0 saturated carbocycles. The predicted molar refractivity (Wildman–Crippen MR) is 90.8 cm³/mol. The summed E-state index contributed by atoms with van der Waals surface area (Å²) in [6, 6.07) is 5.22. The Kier molecular flexibility index (Phi) is 4.90. The minimum atomic E-state index is -0.449. The number of amides is 1. The highest BCUT2D eigenvalue weighted by molar-refractivity contribution is 5.97. The van der Waals surface area contributed by atoms with Gasteiger partial charge < -0.3 is 15.6 Å². The number of aromatic nitrogens is 2. The van der Waals surface area contributed by atoms with Crippen molar-refractivity contribution in [2.24, 2.45) is 0 Å². The van der Waals surface area contributed by atoms with Crippen molar-refractivity contribution in [1.82, 2.24) is 20.8 Å². The van der Waals surface area contributed by atoms with Crippen LogP contribution in [0.2, 0.25) is 0 Å². The second kappa shape index (κ2) is 6.70. The first-order valence-electron chi connectivity index (χ1n) is 7.46. The highest BCUT2D eigenvalue weighted by Crippen LogP contribution is 2.17. The average Bonchev–Trinajstić information content (AvgIpc) is 2.85. The monoisotopic (exact) mass is 317 g/mol. The van der Waals surface area contributed by atoms with Crippen LogP contribution in [-0.2, 0) is 4.84 Å². The first-order valence-corrected chi connectivity index (χ1v) is 7.46. The molecular formula is C16H23N5O2. The van der Waals surface area contributed by atoms with Gasteiger partial charge in [0.2, 0.25) is 5.95 Å². The molecule has 4 N–H and O–H groups in total. The molecule has 0 aliphatic rings. The highest BCUT2D eigenvalue weighted by Gasteiger charge is 2.15. The zero-order valence-electron chi connectivity index (χ0n) is 13.9. The largest absolute Gasteiger partial charge is 0.372 e. The Morgan fingerprint density at radius 3 is 2.78 bits per heavy atom. The number of rotatable bonds is 6. The minimum Gasteiger partial charge on any atom is -0.372 e. The van der Waals surface area contributed by atoms with Crippen LogP contribution in [-0.4, -0.2) is 28.0 Å². The van der Waals surface area contributed by atoms with Crippen molar-refractivity contribution in [1.29, 1.82) is 0 Å². The molecule has 0 unspecified atom stereocenters. The van der Waals surface area contributed by atoms with Gasteiger partial charge >= 0.3 is 0 Å². The SMILES string of the molecule is C=C(NCC)Nc1nc2cc(C(=O)NOC(C)(C)C)ccc2[nH]1. The molecule has 0 aliphatic carbocycles. The van der Waals surface area contributed by atoms with Gasteiger partial charge in [-0.2, -0.15) is 0 Å². The lowest BCUT2D eigenvalue weighted by molar-refractivity contribution is -0.0589. The quantitative estimate of drug-likeness (QED) is 0.615. The van der Waals surface area contributed by atoms with Crippen molar-refractivity contribution in [2.75, 3.05) is 11.9 Å². The van der Waals surface area contributed by atoms with E-state index in [2.05, 4.69) is 32.7 Å². The summed E-state index contributed by atoms with van der Waals surface area (Å²) < 4.78 is 0. The van der Waals surface area contributed by atoms with E-state index in [1.54, 1.807) is 18.2 Å². The van der Waals surface area contributed by atoms with E-state index in [0.29, 0.717) is 22.8 Å². The number of aromatic amines is 1. The summed E-state index contributed by atoms with van der Waals surface area (Å²) in [5.41, 5.74) is 3.98. The topological polar surface area (TPSA) is 91.1 Å². The smallest absolute Gasteiger partial charge is 0.274 e. The maximum absolute atomic E-state index is 12.1. The lowest BCUT2D eigenvalue weighted by Crippen LogP contribution is -2.33. The number of hydrogen-bond donors (Lipinski definition) is 4. The maximum atomic E-state index is 12.1. The molecule has 2 rings (SSSR count). The van der Waals surface area contributed by atoms with E-state index < -0.39 is 5.60 Å². The van der Waals surface area contributed by atoms with E-state index in [-0.39, 0.29) is 5.91 Å². The molecule has 7 nitrogen and oxygen atoms in total. The number of nitrogens with zero attached hydrogens (tertiary/aromatic N) is 1. The molecule has 1 amide bonds. The van der Waals surface area contributed by atoms with Gasteiger partial charge in [0, 0.05) is 12.1 Å². The Balaban J connectivity index is 2.12. The third-order valence-electron chi connectivity index (χ3n) is 2.85. The standard InChI is InChI=1S/C16H23N5O2/c1-6-17-10(2)18-15-19-12-8-7-11(9-13(12)20-15)14(22)21-23-16(3,4)5/h7-9,17H,2,6H2,1,3-5H3,(H,21,22)(H2,18,19,20). The normalized spacial score (nSPS) is 11.3. The van der Waals surface area contributed by atoms with E-state index in [1.165, 1.54) is 0 Å². The second-order valence-electron chi connectivity index (χ2n) is 6.10. The fourth-order valence-corrected chi connectivity index (χ4v) is 1.87. The third-order valence-corrected chi connectivity index (χ3v) is 2.85. The number of benzene rings is 1. The van der Waals surface area contributed by atoms with Crippen molar-refractivity contribution in [3.05, 3.63) is 36.2 Å². The Labute approximate surface area is 135 Å². The van der Waals surface area contributed by atoms with Gasteiger partial charge in [-0.25, -0.2) is 10.5 Å². The van der Waals surface area contributed by atoms with Gasteiger partial charge in [0.1, 0.15) is 0 Å². The number of carbonyl (C=O) groups is 1. The minimum absolute atomic E-state index is 0.309. The molecule has 2 aromatic rings. The molecule has 124 valence electrons. The lowest BCUT2D eigenvalue weighted by atomic mass is 10.2. The van der Waals surface area contributed by atoms with E-state index in [4.69, 9.17) is 4.84 Å². The van der Waals surface area contributed by atoms with Crippen LogP contribution in [0.3, 0.4) is 0 Å². The maximum Gasteiger partial charge on any atom is 0.274 e. The van der Waals surface area contributed by atoms with Gasteiger partial charge in [-0.3, -0.25) is 9.63 Å². The first kappa shape index (κ1) is 16.8. The van der Waals surface area contributed by atoms with Crippen LogP contribution in [0.4, 0.5) is 5.95 Å². The van der Waals surface area contributed by atoms with Gasteiger partial charge in [0.05, 0.1) is 22.5 Å². The number of carbonyl (C=O) groups excluding carboxylic acids is 1. The second-order valence-corrected chi connectivity index (χ2v) is 6.10. The van der Waals surface area contributed by atoms with E-state index in [9.17, 15) is 4.79 Å². The van der Waals surface area contributed by atoms with Crippen LogP contribution in [0.25, 0.3) is 11.0 Å². The predicted octanol–water partition coefficient (Wildman–Crippen LogP) is 2.52. The summed E-state index contributed by atoms with van der Waals surface area (Å²) in [6.07, 6.45) is 0. The highest BCUT2D eigenvalue weighted by atomic mass is 16.7. The Morgan fingerprint density at radius 2 is 2.13 bits per heavy atom. The van der Waals surface area contributed by atoms with Gasteiger partial charge in [0.25, 0.3) is 5.91 Å². The summed E-state index contributed by atoms with van der Waals surface area (Å²) >= 11 is 0. The summed E-state index contributed by atoms with van der Waals surface area (Å²) in [5, 5.41) is 6.08. The summed E-state index contributed by atoms with van der Waals surface area (Å²) in [5.74, 6) is 0.911. The molecule has 1 heterocycles. The van der Waals surface area contributed by atoms with Gasteiger partial charge in [-0.15, -0.1) is 0 Å². The van der Waals surface area contributed by atoms with Gasteiger partial charge in [-0.05, 0) is 45.9 Å². The summed E-state index contributed by atoms with van der Waals surface area (Å²) in [4.78, 5) is 24.9. The number of imidazole rings is 1. The molecule has 0 radical (unpaired) electrons. The van der Waals surface area contributed by atoms with Crippen LogP contribution < -0.4 is 16.1 Å². The molecular weight excluding hydrogens is 294 g/mol. The molecule has 7 heteroatoms. The molecule has 1 aromatic carbocycles. The van der Waals surface area contributed by atoms with Crippen molar-refractivity contribution < 1.29 is 9.63 Å². The number of H-pyrrole nitrogens is 1. The average molecular weight is 317 g/mol. The zero-order chi connectivity index (χ0) is 17.0. The Hall–Kier alpha value is -2.54. The number of hydroxylamine groups is 1. The van der Waals surface area contributed by atoms with E-state index >= 15 is 0 Å². The van der Waals surface area contributed by atoms with Gasteiger partial charge in [0.15, 0.2) is 0 Å². The fraction of sp³-hybridized carbons (Fsp3) is 0.375. The van der Waals surface area contributed by atoms with Crippen molar-refractivity contribution in [3.63, 3.8) is 0 Å². The number of hydrogen-bond acceptors (Lipinski definition) is 5. The summed E-state index contributed by atoms with van der Waals surface area (Å²) in [6.45, 7) is 12.2. The van der Waals surface area contributed by atoms with Crippen LogP contribution >= 0.6 is 0 Å². The molecule has 0 saturated heterocycles. The van der Waals surface area contributed by atoms with E-state index in [1.807, 2.05) is 27.7 Å². The molecule has 0 spiro atoms. The van der Waals surface area contributed by atoms with Crippen LogP contribution in [0.15, 0.2) is 30.6 Å². The molecule has 0 bridgehead atoms. The fourth-order valence-electron chi connectivity index (χ4n) is 1.87. The molecule has 23 heavy (non-hydrogen) atoms. The lowest BCUT2D eigenvalue weighted by Gasteiger charge is -2.18. The molecule has 1 aromatic heterocycles. The number of anilines is 1. The third kappa shape index (κ3) is 4.72. The van der Waals surface area contributed by atoms with E-state index in [0.717, 1.165) is 12.1 Å². The Bertz CT molecular complexity index is 715. The molecule has 0 atom stereocenters. The zero-order valence-corrected chi connectivity index (χ0v) is 13.9. The van der Waals surface area contributed by atoms with Crippen molar-refractivity contribution in [3.8, 4) is 0 Å². The van der Waals surface area contributed by atoms with Crippen molar-refractivity contribution in [2.45, 2.75) is 33.3 Å². The summed E-state index contributed by atoms with van der Waals surface area (Å²) in [7, 11) is 0. The first-order chi connectivity index (χ1) is 10.8. The van der Waals surface area contributed by atoms with Crippen molar-refractivity contribution >= 4 is 22.9 Å². The van der Waals surface area contributed by atoms with Crippen LogP contribution in [0.5, 0.6) is 0 Å².